The Bertz CT molecular complexity index is 771. The van der Waals surface area contributed by atoms with Gasteiger partial charge in [-0.1, -0.05) is 5.16 Å². The summed E-state index contributed by atoms with van der Waals surface area (Å²) >= 11 is 0. The van der Waals surface area contributed by atoms with E-state index in [1.54, 1.807) is 7.11 Å². The number of methoxy groups -OCH3 is 1. The van der Waals surface area contributed by atoms with E-state index in [-0.39, 0.29) is 5.92 Å². The van der Waals surface area contributed by atoms with E-state index in [0.717, 1.165) is 41.2 Å². The van der Waals surface area contributed by atoms with Crippen molar-refractivity contribution in [1.82, 2.24) is 15.1 Å². The standard InChI is InChI=1S/C15H15N3O3/c1-19-11-2-3-12-10(6-11)7-13(16-12)15-17-14(18-21-15)9-4-5-20-8-9/h2-3,6-7,9,16H,4-5,8H2,1H3/t9-/m0/s1. The summed E-state index contributed by atoms with van der Waals surface area (Å²) in [5, 5.41) is 5.12. The lowest BCUT2D eigenvalue weighted by Crippen LogP contribution is -1.99. The molecule has 0 saturated carbocycles. The van der Waals surface area contributed by atoms with E-state index in [4.69, 9.17) is 14.0 Å². The molecule has 0 amide bonds. The van der Waals surface area contributed by atoms with Gasteiger partial charge in [0.1, 0.15) is 11.4 Å². The van der Waals surface area contributed by atoms with E-state index >= 15 is 0 Å². The molecular formula is C15H15N3O3. The molecule has 1 atom stereocenters. The summed E-state index contributed by atoms with van der Waals surface area (Å²) in [6.07, 6.45) is 0.947. The topological polar surface area (TPSA) is 73.2 Å². The molecule has 1 aliphatic heterocycles. The molecule has 1 fully saturated rings. The molecular weight excluding hydrogens is 270 g/mol. The van der Waals surface area contributed by atoms with Gasteiger partial charge < -0.3 is 19.0 Å². The van der Waals surface area contributed by atoms with Crippen LogP contribution in [0.15, 0.2) is 28.8 Å². The van der Waals surface area contributed by atoms with Crippen LogP contribution in [0.5, 0.6) is 5.75 Å². The van der Waals surface area contributed by atoms with Gasteiger partial charge in [0.25, 0.3) is 5.89 Å². The van der Waals surface area contributed by atoms with Crippen molar-refractivity contribution < 1.29 is 14.0 Å². The first kappa shape index (κ1) is 12.4. The first-order valence-electron chi connectivity index (χ1n) is 6.92. The number of H-pyrrole nitrogens is 1. The first-order valence-corrected chi connectivity index (χ1v) is 6.92. The highest BCUT2D eigenvalue weighted by Gasteiger charge is 2.23. The number of benzene rings is 1. The monoisotopic (exact) mass is 285 g/mol. The Labute approximate surface area is 121 Å². The van der Waals surface area contributed by atoms with E-state index in [9.17, 15) is 0 Å². The summed E-state index contributed by atoms with van der Waals surface area (Å²) in [5.74, 6) is 2.29. The maximum absolute atomic E-state index is 5.37. The molecule has 6 heteroatoms. The van der Waals surface area contributed by atoms with E-state index < -0.39 is 0 Å². The molecule has 3 heterocycles. The van der Waals surface area contributed by atoms with Gasteiger partial charge in [0.15, 0.2) is 5.82 Å². The molecule has 1 N–H and O–H groups in total. The van der Waals surface area contributed by atoms with Gasteiger partial charge in [0, 0.05) is 23.4 Å². The highest BCUT2D eigenvalue weighted by Crippen LogP contribution is 2.28. The van der Waals surface area contributed by atoms with Crippen molar-refractivity contribution in [2.75, 3.05) is 20.3 Å². The van der Waals surface area contributed by atoms with Crippen LogP contribution in [0.3, 0.4) is 0 Å². The van der Waals surface area contributed by atoms with E-state index in [1.165, 1.54) is 0 Å². The van der Waals surface area contributed by atoms with Gasteiger partial charge in [-0.2, -0.15) is 4.98 Å². The number of aromatic nitrogens is 3. The quantitative estimate of drug-likeness (QED) is 0.801. The van der Waals surface area contributed by atoms with Crippen molar-refractivity contribution in [3.63, 3.8) is 0 Å². The Morgan fingerprint density at radius 2 is 2.29 bits per heavy atom. The Balaban J connectivity index is 1.69. The van der Waals surface area contributed by atoms with Crippen LogP contribution in [0.25, 0.3) is 22.5 Å². The lowest BCUT2D eigenvalue weighted by atomic mass is 10.1. The van der Waals surface area contributed by atoms with Crippen molar-refractivity contribution in [2.45, 2.75) is 12.3 Å². The Morgan fingerprint density at radius 1 is 1.33 bits per heavy atom. The summed E-state index contributed by atoms with van der Waals surface area (Å²) < 4.78 is 16.0. The average molecular weight is 285 g/mol. The van der Waals surface area contributed by atoms with Crippen LogP contribution in [-0.4, -0.2) is 35.4 Å². The number of aromatic amines is 1. The summed E-state index contributed by atoms with van der Waals surface area (Å²) in [6, 6.07) is 7.84. The Morgan fingerprint density at radius 3 is 3.10 bits per heavy atom. The summed E-state index contributed by atoms with van der Waals surface area (Å²) in [7, 11) is 1.66. The normalized spacial score (nSPS) is 18.4. The van der Waals surface area contributed by atoms with Crippen molar-refractivity contribution in [2.24, 2.45) is 0 Å². The molecule has 4 rings (SSSR count). The van der Waals surface area contributed by atoms with Crippen molar-refractivity contribution >= 4 is 10.9 Å². The summed E-state index contributed by atoms with van der Waals surface area (Å²) in [6.45, 7) is 1.43. The molecule has 3 aromatic rings. The Kier molecular flexibility index (Phi) is 2.89. The van der Waals surface area contributed by atoms with Gasteiger partial charge >= 0.3 is 0 Å². The third-order valence-electron chi connectivity index (χ3n) is 3.79. The molecule has 1 saturated heterocycles. The molecule has 0 spiro atoms. The van der Waals surface area contributed by atoms with Gasteiger partial charge in [-0.3, -0.25) is 0 Å². The summed E-state index contributed by atoms with van der Waals surface area (Å²) in [5.41, 5.74) is 1.82. The molecule has 0 unspecified atom stereocenters. The predicted molar refractivity (Wildman–Crippen MR) is 76.3 cm³/mol. The number of hydrogen-bond donors (Lipinski definition) is 1. The number of hydrogen-bond acceptors (Lipinski definition) is 5. The third-order valence-corrected chi connectivity index (χ3v) is 3.79. The highest BCUT2D eigenvalue weighted by atomic mass is 16.5. The second-order valence-corrected chi connectivity index (χ2v) is 5.15. The molecule has 1 aromatic carbocycles. The van der Waals surface area contributed by atoms with E-state index in [1.807, 2.05) is 24.3 Å². The van der Waals surface area contributed by atoms with Gasteiger partial charge in [0.05, 0.1) is 13.7 Å². The fourth-order valence-electron chi connectivity index (χ4n) is 2.60. The number of nitrogens with zero attached hydrogens (tertiary/aromatic N) is 2. The van der Waals surface area contributed by atoms with Crippen LogP contribution in [0, 0.1) is 0 Å². The second kappa shape index (κ2) is 4.89. The first-order chi connectivity index (χ1) is 10.3. The van der Waals surface area contributed by atoms with E-state index in [0.29, 0.717) is 12.5 Å². The van der Waals surface area contributed by atoms with Crippen LogP contribution in [0.2, 0.25) is 0 Å². The minimum absolute atomic E-state index is 0.243. The zero-order chi connectivity index (χ0) is 14.2. The maximum atomic E-state index is 5.37. The third kappa shape index (κ3) is 2.17. The van der Waals surface area contributed by atoms with Gasteiger partial charge in [-0.15, -0.1) is 0 Å². The number of nitrogens with one attached hydrogen (secondary N) is 1. The maximum Gasteiger partial charge on any atom is 0.274 e. The van der Waals surface area contributed by atoms with Crippen LogP contribution in [0.1, 0.15) is 18.2 Å². The highest BCUT2D eigenvalue weighted by molar-refractivity contribution is 5.85. The molecule has 6 nitrogen and oxygen atoms in total. The summed E-state index contributed by atoms with van der Waals surface area (Å²) in [4.78, 5) is 7.76. The van der Waals surface area contributed by atoms with Crippen LogP contribution >= 0.6 is 0 Å². The molecule has 0 radical (unpaired) electrons. The Hall–Kier alpha value is -2.34. The van der Waals surface area contributed by atoms with Crippen molar-refractivity contribution in [1.29, 1.82) is 0 Å². The van der Waals surface area contributed by atoms with Gasteiger partial charge in [-0.25, -0.2) is 0 Å². The lowest BCUT2D eigenvalue weighted by molar-refractivity contribution is 0.192. The fourth-order valence-corrected chi connectivity index (χ4v) is 2.60. The molecule has 1 aliphatic rings. The minimum atomic E-state index is 0.243. The SMILES string of the molecule is COc1ccc2[nH]c(-c3nc([C@H]4CCOC4)no3)cc2c1. The van der Waals surface area contributed by atoms with Crippen LogP contribution < -0.4 is 4.74 Å². The van der Waals surface area contributed by atoms with Crippen molar-refractivity contribution in [3.8, 4) is 17.3 Å². The zero-order valence-electron chi connectivity index (χ0n) is 11.6. The van der Waals surface area contributed by atoms with Gasteiger partial charge in [0.2, 0.25) is 0 Å². The lowest BCUT2D eigenvalue weighted by Gasteiger charge is -1.97. The zero-order valence-corrected chi connectivity index (χ0v) is 11.6. The van der Waals surface area contributed by atoms with Gasteiger partial charge in [-0.05, 0) is 30.7 Å². The predicted octanol–water partition coefficient (Wildman–Crippen LogP) is 2.73. The smallest absolute Gasteiger partial charge is 0.274 e. The molecule has 0 aliphatic carbocycles. The fraction of sp³-hybridized carbons (Fsp3) is 0.333. The number of rotatable bonds is 3. The van der Waals surface area contributed by atoms with E-state index in [2.05, 4.69) is 15.1 Å². The number of fused-ring (bicyclic) bond motifs is 1. The van der Waals surface area contributed by atoms with Crippen molar-refractivity contribution in [3.05, 3.63) is 30.1 Å². The second-order valence-electron chi connectivity index (χ2n) is 5.15. The van der Waals surface area contributed by atoms with Crippen LogP contribution in [-0.2, 0) is 4.74 Å². The average Bonchev–Trinajstić information content (AvgIpc) is 3.23. The molecule has 0 bridgehead atoms. The largest absolute Gasteiger partial charge is 0.497 e. The number of ether oxygens (including phenoxy) is 2. The molecule has 2 aromatic heterocycles. The molecule has 108 valence electrons. The minimum Gasteiger partial charge on any atom is -0.497 e. The van der Waals surface area contributed by atoms with Crippen LogP contribution in [0.4, 0.5) is 0 Å². The molecule has 21 heavy (non-hydrogen) atoms.